The van der Waals surface area contributed by atoms with Crippen molar-refractivity contribution in [3.8, 4) is 5.75 Å². The van der Waals surface area contributed by atoms with E-state index in [0.29, 0.717) is 12.1 Å². The number of ether oxygens (including phenoxy) is 1. The summed E-state index contributed by atoms with van der Waals surface area (Å²) in [7, 11) is 0. The van der Waals surface area contributed by atoms with Crippen molar-refractivity contribution in [1.82, 2.24) is 9.97 Å². The fraction of sp³-hybridized carbons (Fsp3) is 0.462. The molecule has 3 N–H and O–H groups in total. The highest BCUT2D eigenvalue weighted by molar-refractivity contribution is 5.93. The minimum atomic E-state index is 0.366. The summed E-state index contributed by atoms with van der Waals surface area (Å²) in [6, 6.07) is 2.99. The fourth-order valence-electron chi connectivity index (χ4n) is 2.99. The van der Waals surface area contributed by atoms with Crippen molar-refractivity contribution < 1.29 is 4.74 Å². The van der Waals surface area contributed by atoms with Crippen molar-refractivity contribution in [2.75, 3.05) is 18.1 Å². The van der Waals surface area contributed by atoms with Crippen LogP contribution in [0.15, 0.2) is 18.5 Å². The number of pyridine rings is 1. The normalized spacial score (nSPS) is 26.6. The molecule has 2 aliphatic rings. The molecule has 0 saturated heterocycles. The number of hydrogen-bond donors (Lipinski definition) is 2. The van der Waals surface area contributed by atoms with Gasteiger partial charge in [0.25, 0.3) is 0 Å². The van der Waals surface area contributed by atoms with Gasteiger partial charge in [0.15, 0.2) is 5.75 Å². The summed E-state index contributed by atoms with van der Waals surface area (Å²) in [6.07, 6.45) is 5.90. The number of aromatic nitrogens is 2. The number of anilines is 1. The van der Waals surface area contributed by atoms with Crippen molar-refractivity contribution in [3.63, 3.8) is 0 Å². The molecular formula is C13H16N4O. The summed E-state index contributed by atoms with van der Waals surface area (Å²) in [5, 5.41) is 1.15. The maximum atomic E-state index is 5.91. The molecule has 0 bridgehead atoms. The number of hydrogen-bond acceptors (Lipinski definition) is 4. The molecular weight excluding hydrogens is 228 g/mol. The average Bonchev–Trinajstić information content (AvgIpc) is 2.82. The molecule has 1 fully saturated rings. The molecule has 0 amide bonds. The Balaban J connectivity index is 1.83. The summed E-state index contributed by atoms with van der Waals surface area (Å²) in [4.78, 5) is 9.98. The van der Waals surface area contributed by atoms with Gasteiger partial charge in [-0.3, -0.25) is 0 Å². The second-order valence-electron chi connectivity index (χ2n) is 5.14. The van der Waals surface area contributed by atoms with Crippen LogP contribution >= 0.6 is 0 Å². The van der Waals surface area contributed by atoms with Crippen molar-refractivity contribution in [2.24, 2.45) is 5.73 Å². The van der Waals surface area contributed by atoms with E-state index >= 15 is 0 Å². The summed E-state index contributed by atoms with van der Waals surface area (Å²) in [5.41, 5.74) is 8.02. The zero-order valence-corrected chi connectivity index (χ0v) is 10.1. The largest absolute Gasteiger partial charge is 0.488 e. The first-order valence-electron chi connectivity index (χ1n) is 6.44. The monoisotopic (exact) mass is 244 g/mol. The summed E-state index contributed by atoms with van der Waals surface area (Å²) >= 11 is 0. The molecule has 2 aromatic heterocycles. The Kier molecular flexibility index (Phi) is 2.05. The van der Waals surface area contributed by atoms with Crippen molar-refractivity contribution in [1.29, 1.82) is 0 Å². The first-order chi connectivity index (χ1) is 8.83. The average molecular weight is 244 g/mol. The van der Waals surface area contributed by atoms with Gasteiger partial charge >= 0.3 is 0 Å². The zero-order valence-electron chi connectivity index (χ0n) is 10.1. The van der Waals surface area contributed by atoms with Gasteiger partial charge in [0.1, 0.15) is 12.3 Å². The summed E-state index contributed by atoms with van der Waals surface area (Å²) in [5.74, 6) is 0.897. The van der Waals surface area contributed by atoms with E-state index in [1.54, 1.807) is 0 Å². The van der Waals surface area contributed by atoms with Crippen molar-refractivity contribution in [3.05, 3.63) is 18.5 Å². The standard InChI is InChI=1S/C13H16N4O/c14-8-5-9(6-8)17-3-4-18-11-7-16-13-10(12(11)17)1-2-15-13/h1-2,7-9H,3-6,14H2,(H,15,16). The maximum Gasteiger partial charge on any atom is 0.161 e. The van der Waals surface area contributed by atoms with Crippen LogP contribution < -0.4 is 15.4 Å². The lowest BCUT2D eigenvalue weighted by Gasteiger charge is -2.45. The van der Waals surface area contributed by atoms with Gasteiger partial charge in [-0.1, -0.05) is 0 Å². The number of aromatic amines is 1. The minimum absolute atomic E-state index is 0.366. The van der Waals surface area contributed by atoms with Crippen LogP contribution in [0, 0.1) is 0 Å². The highest BCUT2D eigenvalue weighted by atomic mass is 16.5. The molecule has 18 heavy (non-hydrogen) atoms. The highest BCUT2D eigenvalue weighted by Gasteiger charge is 2.35. The van der Waals surface area contributed by atoms with Crippen LogP contribution in [-0.4, -0.2) is 35.2 Å². The van der Waals surface area contributed by atoms with Gasteiger partial charge < -0.3 is 20.4 Å². The lowest BCUT2D eigenvalue weighted by Crippen LogP contribution is -2.53. The molecule has 0 spiro atoms. The number of nitrogens with two attached hydrogens (primary N) is 1. The van der Waals surface area contributed by atoms with E-state index in [9.17, 15) is 0 Å². The van der Waals surface area contributed by atoms with Gasteiger partial charge in [0, 0.05) is 23.7 Å². The molecule has 94 valence electrons. The Morgan fingerprint density at radius 3 is 3.17 bits per heavy atom. The molecule has 5 nitrogen and oxygen atoms in total. The van der Waals surface area contributed by atoms with Gasteiger partial charge in [0.2, 0.25) is 0 Å². The third-order valence-corrected chi connectivity index (χ3v) is 3.99. The summed E-state index contributed by atoms with van der Waals surface area (Å²) in [6.45, 7) is 1.67. The number of fused-ring (bicyclic) bond motifs is 3. The van der Waals surface area contributed by atoms with Crippen LogP contribution in [0.25, 0.3) is 11.0 Å². The Hall–Kier alpha value is -1.75. The van der Waals surface area contributed by atoms with Crippen LogP contribution in [0.5, 0.6) is 5.75 Å². The molecule has 4 rings (SSSR count). The van der Waals surface area contributed by atoms with Gasteiger partial charge in [-0.15, -0.1) is 0 Å². The van der Waals surface area contributed by atoms with Gasteiger partial charge in [-0.2, -0.15) is 0 Å². The van der Waals surface area contributed by atoms with Crippen LogP contribution in [0.3, 0.4) is 0 Å². The molecule has 3 heterocycles. The van der Waals surface area contributed by atoms with Gasteiger partial charge in [-0.05, 0) is 18.9 Å². The fourth-order valence-corrected chi connectivity index (χ4v) is 2.99. The Morgan fingerprint density at radius 2 is 2.33 bits per heavy atom. The molecule has 1 aliphatic carbocycles. The van der Waals surface area contributed by atoms with E-state index in [1.807, 2.05) is 12.4 Å². The van der Waals surface area contributed by atoms with Crippen LogP contribution in [0.1, 0.15) is 12.8 Å². The summed E-state index contributed by atoms with van der Waals surface area (Å²) < 4.78 is 5.73. The highest BCUT2D eigenvalue weighted by Crippen LogP contribution is 2.41. The molecule has 0 unspecified atom stereocenters. The lowest BCUT2D eigenvalue weighted by molar-refractivity contribution is 0.265. The third-order valence-electron chi connectivity index (χ3n) is 3.99. The molecule has 0 aromatic carbocycles. The molecule has 0 atom stereocenters. The van der Waals surface area contributed by atoms with Gasteiger partial charge in [-0.25, -0.2) is 4.98 Å². The van der Waals surface area contributed by atoms with Crippen LogP contribution in [0.2, 0.25) is 0 Å². The third kappa shape index (κ3) is 1.34. The number of H-pyrrole nitrogens is 1. The van der Waals surface area contributed by atoms with E-state index in [0.717, 1.165) is 42.8 Å². The van der Waals surface area contributed by atoms with Crippen molar-refractivity contribution in [2.45, 2.75) is 24.9 Å². The van der Waals surface area contributed by atoms with E-state index in [-0.39, 0.29) is 0 Å². The second kappa shape index (κ2) is 3.62. The molecule has 0 radical (unpaired) electrons. The smallest absolute Gasteiger partial charge is 0.161 e. The molecule has 1 aliphatic heterocycles. The predicted molar refractivity (Wildman–Crippen MR) is 69.9 cm³/mol. The van der Waals surface area contributed by atoms with Crippen LogP contribution in [0.4, 0.5) is 5.69 Å². The number of nitrogens with one attached hydrogen (secondary N) is 1. The van der Waals surface area contributed by atoms with E-state index in [1.165, 1.54) is 5.69 Å². The Morgan fingerprint density at radius 1 is 1.44 bits per heavy atom. The Labute approximate surface area is 105 Å². The first-order valence-corrected chi connectivity index (χ1v) is 6.44. The number of rotatable bonds is 1. The van der Waals surface area contributed by atoms with E-state index < -0.39 is 0 Å². The SMILES string of the molecule is NC1CC(N2CCOc3cnc4[nH]ccc4c32)C1. The zero-order chi connectivity index (χ0) is 12.1. The molecule has 2 aromatic rings. The van der Waals surface area contributed by atoms with E-state index in [2.05, 4.69) is 20.9 Å². The molecule has 5 heteroatoms. The quantitative estimate of drug-likeness (QED) is 0.792. The predicted octanol–water partition coefficient (Wildman–Crippen LogP) is 1.25. The van der Waals surface area contributed by atoms with Gasteiger partial charge in [0.05, 0.1) is 18.4 Å². The second-order valence-corrected chi connectivity index (χ2v) is 5.14. The first kappa shape index (κ1) is 10.2. The maximum absolute atomic E-state index is 5.91. The Bertz CT molecular complexity index is 588. The van der Waals surface area contributed by atoms with Crippen molar-refractivity contribution >= 4 is 16.7 Å². The lowest BCUT2D eigenvalue weighted by atomic mass is 9.85. The number of nitrogens with zero attached hydrogens (tertiary/aromatic N) is 2. The van der Waals surface area contributed by atoms with E-state index in [4.69, 9.17) is 10.5 Å². The topological polar surface area (TPSA) is 67.2 Å². The minimum Gasteiger partial charge on any atom is -0.488 e. The molecule has 1 saturated carbocycles. The van der Waals surface area contributed by atoms with Crippen LogP contribution in [-0.2, 0) is 0 Å².